The molecule has 0 aliphatic rings. The fourth-order valence-corrected chi connectivity index (χ4v) is 2.91. The fourth-order valence-electron chi connectivity index (χ4n) is 2.91. The van der Waals surface area contributed by atoms with Crippen molar-refractivity contribution in [3.8, 4) is 0 Å². The number of hydrogen-bond acceptors (Lipinski definition) is 0. The summed E-state index contributed by atoms with van der Waals surface area (Å²) in [6.07, 6.45) is -5.80. The zero-order chi connectivity index (χ0) is 21.2. The van der Waals surface area contributed by atoms with Crippen molar-refractivity contribution in [3.05, 3.63) is 82.7 Å². The number of alkyl halides is 4. The van der Waals surface area contributed by atoms with Crippen molar-refractivity contribution in [3.63, 3.8) is 0 Å². The third-order valence-corrected chi connectivity index (χ3v) is 4.42. The molecular formula is C22H20F6. The van der Waals surface area contributed by atoms with E-state index in [9.17, 15) is 26.3 Å². The monoisotopic (exact) mass is 398 g/mol. The molecule has 2 unspecified atom stereocenters. The lowest BCUT2D eigenvalue weighted by molar-refractivity contribution is -0.139. The molecule has 0 amide bonds. The molecule has 6 heteroatoms. The van der Waals surface area contributed by atoms with E-state index in [1.165, 1.54) is 32.0 Å². The maximum absolute atomic E-state index is 14.7. The molecule has 0 N–H and O–H groups in total. The SMILES string of the molecule is C=C(C)c1ccc(/C(F)=C/C(c2ccc(F)c(C)c2)C(F)(F)F)cc1C(C)F. The minimum absolute atomic E-state index is 0.0277. The lowest BCUT2D eigenvalue weighted by Gasteiger charge is -2.19. The quantitative estimate of drug-likeness (QED) is 0.450. The minimum Gasteiger partial charge on any atom is -0.243 e. The molecule has 0 aliphatic carbocycles. The Morgan fingerprint density at radius 1 is 1.11 bits per heavy atom. The van der Waals surface area contributed by atoms with Gasteiger partial charge in [0.1, 0.15) is 23.7 Å². The van der Waals surface area contributed by atoms with Crippen LogP contribution in [0.4, 0.5) is 26.3 Å². The molecule has 0 aliphatic heterocycles. The minimum atomic E-state index is -4.78. The van der Waals surface area contributed by atoms with Crippen LogP contribution in [0.3, 0.4) is 0 Å². The van der Waals surface area contributed by atoms with Crippen LogP contribution in [-0.4, -0.2) is 6.18 Å². The zero-order valence-corrected chi connectivity index (χ0v) is 15.7. The fraction of sp³-hybridized carbons (Fsp3) is 0.273. The number of halogens is 6. The summed E-state index contributed by atoms with van der Waals surface area (Å²) in [5.74, 6) is -4.05. The Balaban J connectivity index is 2.54. The van der Waals surface area contributed by atoms with E-state index in [0.29, 0.717) is 17.2 Å². The van der Waals surface area contributed by atoms with E-state index in [0.717, 1.165) is 18.2 Å². The van der Waals surface area contributed by atoms with E-state index in [1.807, 2.05) is 0 Å². The van der Waals surface area contributed by atoms with Gasteiger partial charge in [0.25, 0.3) is 0 Å². The Labute approximate surface area is 160 Å². The third kappa shape index (κ3) is 4.86. The van der Waals surface area contributed by atoms with Crippen molar-refractivity contribution < 1.29 is 26.3 Å². The van der Waals surface area contributed by atoms with Crippen molar-refractivity contribution in [2.24, 2.45) is 0 Å². The summed E-state index contributed by atoms with van der Waals surface area (Å²) in [5, 5.41) is 0. The van der Waals surface area contributed by atoms with E-state index in [4.69, 9.17) is 0 Å². The topological polar surface area (TPSA) is 0 Å². The van der Waals surface area contributed by atoms with Crippen molar-refractivity contribution in [2.45, 2.75) is 39.0 Å². The predicted octanol–water partition coefficient (Wildman–Crippen LogP) is 7.85. The first-order chi connectivity index (χ1) is 12.9. The number of aryl methyl sites for hydroxylation is 1. The van der Waals surface area contributed by atoms with Gasteiger partial charge in [0.2, 0.25) is 0 Å². The van der Waals surface area contributed by atoms with Crippen LogP contribution in [0.25, 0.3) is 11.4 Å². The smallest absolute Gasteiger partial charge is 0.243 e. The standard InChI is InChI=1S/C22H20F6/c1-12(2)17-7-5-16(10-18(17)14(4)23)21(25)11-19(22(26,27)28)15-6-8-20(24)13(3)9-15/h5-11,14,19H,1H2,2-4H3/b21-11-. The second-order valence-corrected chi connectivity index (χ2v) is 6.74. The molecule has 0 spiro atoms. The average Bonchev–Trinajstić information content (AvgIpc) is 2.60. The second-order valence-electron chi connectivity index (χ2n) is 6.74. The zero-order valence-electron chi connectivity index (χ0n) is 15.7. The van der Waals surface area contributed by atoms with Gasteiger partial charge < -0.3 is 0 Å². The van der Waals surface area contributed by atoms with Crippen molar-refractivity contribution in [2.75, 3.05) is 0 Å². The maximum atomic E-state index is 14.7. The van der Waals surface area contributed by atoms with Gasteiger partial charge in [-0.3, -0.25) is 0 Å². The van der Waals surface area contributed by atoms with Gasteiger partial charge in [-0.2, -0.15) is 13.2 Å². The van der Waals surface area contributed by atoms with E-state index in [2.05, 4.69) is 6.58 Å². The summed E-state index contributed by atoms with van der Waals surface area (Å²) in [5.41, 5.74) is 0.768. The molecule has 0 saturated heterocycles. The lowest BCUT2D eigenvalue weighted by atomic mass is 9.93. The van der Waals surface area contributed by atoms with Crippen LogP contribution in [0.5, 0.6) is 0 Å². The normalized spacial score (nSPS) is 14.7. The highest BCUT2D eigenvalue weighted by Gasteiger charge is 2.40. The molecule has 0 aromatic heterocycles. The molecule has 28 heavy (non-hydrogen) atoms. The average molecular weight is 398 g/mol. The van der Waals surface area contributed by atoms with Gasteiger partial charge in [0.15, 0.2) is 0 Å². The Morgan fingerprint density at radius 3 is 2.25 bits per heavy atom. The van der Waals surface area contributed by atoms with Gasteiger partial charge in [-0.15, -0.1) is 0 Å². The molecule has 150 valence electrons. The Kier molecular flexibility index (Phi) is 6.42. The predicted molar refractivity (Wildman–Crippen MR) is 99.7 cm³/mol. The highest BCUT2D eigenvalue weighted by Crippen LogP contribution is 2.39. The second kappa shape index (κ2) is 8.25. The number of hydrogen-bond donors (Lipinski definition) is 0. The Morgan fingerprint density at radius 2 is 1.75 bits per heavy atom. The van der Waals surface area contributed by atoms with Gasteiger partial charge in [-0.25, -0.2) is 13.2 Å². The van der Waals surface area contributed by atoms with Crippen LogP contribution in [0.15, 0.2) is 49.1 Å². The summed E-state index contributed by atoms with van der Waals surface area (Å²) in [6.45, 7) is 7.97. The summed E-state index contributed by atoms with van der Waals surface area (Å²) >= 11 is 0. The van der Waals surface area contributed by atoms with E-state index in [1.54, 1.807) is 6.92 Å². The van der Waals surface area contributed by atoms with E-state index >= 15 is 0 Å². The van der Waals surface area contributed by atoms with E-state index in [-0.39, 0.29) is 22.3 Å². The molecule has 0 bridgehead atoms. The van der Waals surface area contributed by atoms with Crippen molar-refractivity contribution in [1.29, 1.82) is 0 Å². The molecule has 0 heterocycles. The van der Waals surface area contributed by atoms with Crippen molar-refractivity contribution >= 4 is 11.4 Å². The molecule has 2 rings (SSSR count). The molecule has 2 atom stereocenters. The molecule has 0 nitrogen and oxygen atoms in total. The van der Waals surface area contributed by atoms with E-state index < -0.39 is 29.9 Å². The van der Waals surface area contributed by atoms with Crippen LogP contribution in [-0.2, 0) is 0 Å². The van der Waals surface area contributed by atoms with Gasteiger partial charge in [-0.1, -0.05) is 36.4 Å². The van der Waals surface area contributed by atoms with Crippen LogP contribution in [0, 0.1) is 12.7 Å². The first-order valence-electron chi connectivity index (χ1n) is 8.56. The first kappa shape index (κ1) is 21.8. The first-order valence-corrected chi connectivity index (χ1v) is 8.56. The molecule has 0 saturated carbocycles. The van der Waals surface area contributed by atoms with Gasteiger partial charge in [0, 0.05) is 5.56 Å². The number of benzene rings is 2. The van der Waals surface area contributed by atoms with Gasteiger partial charge >= 0.3 is 6.18 Å². The highest BCUT2D eigenvalue weighted by molar-refractivity contribution is 5.69. The largest absolute Gasteiger partial charge is 0.399 e. The summed E-state index contributed by atoms with van der Waals surface area (Å²) in [4.78, 5) is 0. The van der Waals surface area contributed by atoms with Crippen LogP contribution in [0.1, 0.15) is 53.8 Å². The number of rotatable bonds is 5. The Bertz CT molecular complexity index is 906. The van der Waals surface area contributed by atoms with Gasteiger partial charge in [0.05, 0.1) is 0 Å². The molecule has 2 aromatic carbocycles. The number of allylic oxidation sites excluding steroid dienone is 2. The molecule has 0 fully saturated rings. The van der Waals surface area contributed by atoms with Crippen molar-refractivity contribution in [1.82, 2.24) is 0 Å². The Hall–Kier alpha value is -2.50. The highest BCUT2D eigenvalue weighted by atomic mass is 19.4. The third-order valence-electron chi connectivity index (χ3n) is 4.42. The molecule has 0 radical (unpaired) electrons. The van der Waals surface area contributed by atoms with Crippen LogP contribution >= 0.6 is 0 Å². The summed E-state index contributed by atoms with van der Waals surface area (Å²) in [7, 11) is 0. The molecule has 2 aromatic rings. The maximum Gasteiger partial charge on any atom is 0.399 e. The lowest BCUT2D eigenvalue weighted by Crippen LogP contribution is -2.19. The summed E-state index contributed by atoms with van der Waals surface area (Å²) < 4.78 is 82.5. The van der Waals surface area contributed by atoms with Crippen LogP contribution < -0.4 is 0 Å². The molecular weight excluding hydrogens is 378 g/mol. The van der Waals surface area contributed by atoms with Crippen LogP contribution in [0.2, 0.25) is 0 Å². The summed E-state index contributed by atoms with van der Waals surface area (Å²) in [6, 6.07) is 6.83. The van der Waals surface area contributed by atoms with Gasteiger partial charge in [-0.05, 0) is 61.2 Å².